The van der Waals surface area contributed by atoms with Crippen molar-refractivity contribution < 1.29 is 22.3 Å². The Bertz CT molecular complexity index is 1100. The Kier molecular flexibility index (Phi) is 6.08. The van der Waals surface area contributed by atoms with Crippen molar-refractivity contribution in [2.75, 3.05) is 16.6 Å². The molecule has 0 spiro atoms. The molecule has 0 fully saturated rings. The quantitative estimate of drug-likeness (QED) is 0.617. The molecule has 1 aromatic heterocycles. The van der Waals surface area contributed by atoms with E-state index in [4.69, 9.17) is 4.74 Å². The molecule has 7 nitrogen and oxygen atoms in total. The van der Waals surface area contributed by atoms with E-state index < -0.39 is 15.8 Å². The summed E-state index contributed by atoms with van der Waals surface area (Å²) >= 11 is 0. The lowest BCUT2D eigenvalue weighted by atomic mass is 10.2. The Morgan fingerprint density at radius 2 is 1.72 bits per heavy atom. The molecule has 0 aliphatic carbocycles. The third-order valence-corrected chi connectivity index (χ3v) is 5.16. The molecule has 0 saturated heterocycles. The van der Waals surface area contributed by atoms with Crippen LogP contribution in [0.1, 0.15) is 5.56 Å². The van der Waals surface area contributed by atoms with Gasteiger partial charge in [-0.05, 0) is 61.0 Å². The lowest BCUT2D eigenvalue weighted by Crippen LogP contribution is -2.20. The molecule has 9 heteroatoms. The van der Waals surface area contributed by atoms with Gasteiger partial charge in [0, 0.05) is 24.1 Å². The summed E-state index contributed by atoms with van der Waals surface area (Å²) in [6.07, 6.45) is 3.10. The van der Waals surface area contributed by atoms with Crippen LogP contribution in [0.4, 0.5) is 15.8 Å². The summed E-state index contributed by atoms with van der Waals surface area (Å²) in [6.45, 7) is 1.51. The molecule has 0 atom stereocenters. The third-order valence-electron chi connectivity index (χ3n) is 3.76. The SMILES string of the molecule is Cc1cc(NS(=O)(=O)c2ccc(F)cc2)cc(OCC(=O)Nc2ccncc2)c1. The average molecular weight is 415 g/mol. The number of ether oxygens (including phenoxy) is 1. The molecule has 1 heterocycles. The molecule has 3 aromatic rings. The van der Waals surface area contributed by atoms with Crippen molar-refractivity contribution in [3.05, 3.63) is 78.4 Å². The fourth-order valence-electron chi connectivity index (χ4n) is 2.50. The first kappa shape index (κ1) is 20.3. The van der Waals surface area contributed by atoms with Gasteiger partial charge in [0.25, 0.3) is 15.9 Å². The normalized spacial score (nSPS) is 11.0. The Hall–Kier alpha value is -3.46. The molecular formula is C20H18FN3O4S. The highest BCUT2D eigenvalue weighted by Crippen LogP contribution is 2.23. The van der Waals surface area contributed by atoms with Gasteiger partial charge in [-0.15, -0.1) is 0 Å². The minimum absolute atomic E-state index is 0.0698. The summed E-state index contributed by atoms with van der Waals surface area (Å²) in [5, 5.41) is 2.66. The van der Waals surface area contributed by atoms with Crippen molar-refractivity contribution in [1.29, 1.82) is 0 Å². The second-order valence-corrected chi connectivity index (χ2v) is 7.85. The van der Waals surface area contributed by atoms with Crippen LogP contribution in [0.25, 0.3) is 0 Å². The summed E-state index contributed by atoms with van der Waals surface area (Å²) in [5.41, 5.74) is 1.58. The van der Waals surface area contributed by atoms with E-state index in [0.717, 1.165) is 17.7 Å². The van der Waals surface area contributed by atoms with E-state index in [-0.39, 0.29) is 23.1 Å². The first-order chi connectivity index (χ1) is 13.8. The van der Waals surface area contributed by atoms with E-state index in [0.29, 0.717) is 11.4 Å². The number of amides is 1. The number of pyridine rings is 1. The zero-order valence-electron chi connectivity index (χ0n) is 15.4. The lowest BCUT2D eigenvalue weighted by molar-refractivity contribution is -0.118. The van der Waals surface area contributed by atoms with E-state index in [1.54, 1.807) is 43.6 Å². The summed E-state index contributed by atoms with van der Waals surface area (Å²) in [7, 11) is -3.89. The molecule has 0 saturated carbocycles. The number of hydrogen-bond acceptors (Lipinski definition) is 5. The van der Waals surface area contributed by atoms with Gasteiger partial charge in [0.1, 0.15) is 11.6 Å². The van der Waals surface area contributed by atoms with Crippen LogP contribution in [0, 0.1) is 12.7 Å². The molecule has 0 bridgehead atoms. The van der Waals surface area contributed by atoms with E-state index in [1.165, 1.54) is 18.2 Å². The molecule has 2 N–H and O–H groups in total. The standard InChI is InChI=1S/C20H18FN3O4S/c1-14-10-17(24-29(26,27)19-4-2-15(21)3-5-19)12-18(11-14)28-13-20(25)23-16-6-8-22-9-7-16/h2-12,24H,13H2,1H3,(H,22,23,25). The second-order valence-electron chi connectivity index (χ2n) is 6.17. The highest BCUT2D eigenvalue weighted by molar-refractivity contribution is 7.92. The van der Waals surface area contributed by atoms with Gasteiger partial charge >= 0.3 is 0 Å². The maximum absolute atomic E-state index is 13.0. The number of aromatic nitrogens is 1. The zero-order valence-corrected chi connectivity index (χ0v) is 16.2. The van der Waals surface area contributed by atoms with Gasteiger partial charge in [-0.25, -0.2) is 12.8 Å². The monoisotopic (exact) mass is 415 g/mol. The van der Waals surface area contributed by atoms with E-state index in [2.05, 4.69) is 15.0 Å². The molecule has 0 aliphatic heterocycles. The molecule has 2 aromatic carbocycles. The maximum atomic E-state index is 13.0. The number of rotatable bonds is 7. The molecule has 0 unspecified atom stereocenters. The van der Waals surface area contributed by atoms with Crippen molar-refractivity contribution in [2.45, 2.75) is 11.8 Å². The van der Waals surface area contributed by atoms with E-state index in [1.807, 2.05) is 0 Å². The van der Waals surface area contributed by atoms with Crippen LogP contribution < -0.4 is 14.8 Å². The van der Waals surface area contributed by atoms with Crippen molar-refractivity contribution in [2.24, 2.45) is 0 Å². The van der Waals surface area contributed by atoms with Gasteiger partial charge in [-0.2, -0.15) is 0 Å². The number of anilines is 2. The van der Waals surface area contributed by atoms with Crippen molar-refractivity contribution in [3.8, 4) is 5.75 Å². The molecule has 1 amide bonds. The maximum Gasteiger partial charge on any atom is 0.262 e. The van der Waals surface area contributed by atoms with Gasteiger partial charge in [0.2, 0.25) is 0 Å². The van der Waals surface area contributed by atoms with Crippen LogP contribution in [0.3, 0.4) is 0 Å². The predicted octanol–water partition coefficient (Wildman–Crippen LogP) is 3.35. The van der Waals surface area contributed by atoms with Crippen molar-refractivity contribution in [3.63, 3.8) is 0 Å². The number of nitrogens with zero attached hydrogens (tertiary/aromatic N) is 1. The number of benzene rings is 2. The van der Waals surface area contributed by atoms with Crippen LogP contribution in [0.5, 0.6) is 5.75 Å². The zero-order chi connectivity index (χ0) is 20.9. The van der Waals surface area contributed by atoms with Crippen LogP contribution in [-0.4, -0.2) is 25.9 Å². The number of halogens is 1. The molecular weight excluding hydrogens is 397 g/mol. The first-order valence-electron chi connectivity index (χ1n) is 8.54. The van der Waals surface area contributed by atoms with Crippen LogP contribution >= 0.6 is 0 Å². The molecule has 0 radical (unpaired) electrons. The number of hydrogen-bond donors (Lipinski definition) is 2. The minimum Gasteiger partial charge on any atom is -0.484 e. The number of aryl methyl sites for hydroxylation is 1. The highest BCUT2D eigenvalue weighted by Gasteiger charge is 2.15. The van der Waals surface area contributed by atoms with E-state index in [9.17, 15) is 17.6 Å². The number of nitrogens with one attached hydrogen (secondary N) is 2. The van der Waals surface area contributed by atoms with E-state index >= 15 is 0 Å². The lowest BCUT2D eigenvalue weighted by Gasteiger charge is -2.12. The van der Waals surface area contributed by atoms with Gasteiger partial charge in [0.15, 0.2) is 6.61 Å². The molecule has 0 aliphatic rings. The Balaban J connectivity index is 1.68. The van der Waals surface area contributed by atoms with Crippen LogP contribution in [-0.2, 0) is 14.8 Å². The summed E-state index contributed by atoms with van der Waals surface area (Å²) in [4.78, 5) is 15.8. The highest BCUT2D eigenvalue weighted by atomic mass is 32.2. The molecule has 150 valence electrons. The number of carbonyl (C=O) groups excluding carboxylic acids is 1. The molecule has 3 rings (SSSR count). The Morgan fingerprint density at radius 3 is 2.41 bits per heavy atom. The third kappa shape index (κ3) is 5.76. The van der Waals surface area contributed by atoms with Crippen molar-refractivity contribution >= 4 is 27.3 Å². The second kappa shape index (κ2) is 8.70. The van der Waals surface area contributed by atoms with Gasteiger partial charge < -0.3 is 10.1 Å². The van der Waals surface area contributed by atoms with Crippen LogP contribution in [0.2, 0.25) is 0 Å². The number of carbonyl (C=O) groups is 1. The van der Waals surface area contributed by atoms with Gasteiger partial charge in [-0.3, -0.25) is 14.5 Å². The fraction of sp³-hybridized carbons (Fsp3) is 0.100. The smallest absolute Gasteiger partial charge is 0.262 e. The topological polar surface area (TPSA) is 97.4 Å². The minimum atomic E-state index is -3.89. The fourth-order valence-corrected chi connectivity index (χ4v) is 3.54. The van der Waals surface area contributed by atoms with Crippen LogP contribution in [0.15, 0.2) is 71.9 Å². The Morgan fingerprint density at radius 1 is 1.03 bits per heavy atom. The summed E-state index contributed by atoms with van der Waals surface area (Å²) in [6, 6.07) is 12.5. The summed E-state index contributed by atoms with van der Waals surface area (Å²) in [5.74, 6) is -0.571. The molecule has 29 heavy (non-hydrogen) atoms. The van der Waals surface area contributed by atoms with Gasteiger partial charge in [-0.1, -0.05) is 0 Å². The summed E-state index contributed by atoms with van der Waals surface area (Å²) < 4.78 is 45.9. The van der Waals surface area contributed by atoms with Gasteiger partial charge in [0.05, 0.1) is 10.6 Å². The predicted molar refractivity (Wildman–Crippen MR) is 107 cm³/mol. The largest absolute Gasteiger partial charge is 0.484 e. The first-order valence-corrected chi connectivity index (χ1v) is 10.0. The number of sulfonamides is 1. The average Bonchev–Trinajstić information content (AvgIpc) is 2.67. The Labute approximate surface area is 167 Å². The van der Waals surface area contributed by atoms with Crippen molar-refractivity contribution in [1.82, 2.24) is 4.98 Å².